The zero-order chi connectivity index (χ0) is 15.9. The molecule has 0 bridgehead atoms. The maximum Gasteiger partial charge on any atom is 0.260 e. The lowest BCUT2D eigenvalue weighted by Gasteiger charge is -2.16. The number of aryl methyl sites for hydroxylation is 2. The molecule has 3 rings (SSSR count). The van der Waals surface area contributed by atoms with E-state index in [1.54, 1.807) is 20.2 Å². The standard InChI is InChI=1S/C15H20N4O2S/c1-11-5-4-6-13(16-11)10-18(2)22(20,21)15-9-14(12-7-8-12)17-19(15)3/h4-6,9,12H,7-8,10H2,1-3H3. The van der Waals surface area contributed by atoms with Crippen molar-refractivity contribution in [1.82, 2.24) is 19.1 Å². The van der Waals surface area contributed by atoms with Gasteiger partial charge in [-0.25, -0.2) is 8.42 Å². The first-order valence-corrected chi connectivity index (χ1v) is 8.75. The summed E-state index contributed by atoms with van der Waals surface area (Å²) in [7, 11) is -0.321. The molecule has 7 heteroatoms. The first-order chi connectivity index (χ1) is 10.4. The Morgan fingerprint density at radius 2 is 2.09 bits per heavy atom. The molecule has 1 saturated carbocycles. The van der Waals surface area contributed by atoms with E-state index in [0.29, 0.717) is 5.92 Å². The second-order valence-electron chi connectivity index (χ2n) is 5.84. The second kappa shape index (κ2) is 5.48. The lowest BCUT2D eigenvalue weighted by atomic mass is 10.3. The van der Waals surface area contributed by atoms with Crippen LogP contribution in [0.25, 0.3) is 0 Å². The van der Waals surface area contributed by atoms with Gasteiger partial charge in [-0.3, -0.25) is 9.67 Å². The molecule has 118 valence electrons. The second-order valence-corrected chi connectivity index (χ2v) is 7.83. The lowest BCUT2D eigenvalue weighted by Crippen LogP contribution is -2.28. The van der Waals surface area contributed by atoms with Gasteiger partial charge in [0.05, 0.1) is 17.9 Å². The molecule has 0 spiro atoms. The minimum absolute atomic E-state index is 0.240. The third kappa shape index (κ3) is 2.91. The van der Waals surface area contributed by atoms with E-state index in [9.17, 15) is 8.42 Å². The Hall–Kier alpha value is -1.73. The number of hydrogen-bond acceptors (Lipinski definition) is 4. The van der Waals surface area contributed by atoms with E-state index in [1.807, 2.05) is 25.1 Å². The van der Waals surface area contributed by atoms with E-state index in [0.717, 1.165) is 29.9 Å². The summed E-state index contributed by atoms with van der Waals surface area (Å²) < 4.78 is 28.3. The van der Waals surface area contributed by atoms with E-state index in [2.05, 4.69) is 10.1 Å². The van der Waals surface area contributed by atoms with Crippen LogP contribution in [0.4, 0.5) is 0 Å². The minimum atomic E-state index is -3.57. The van der Waals surface area contributed by atoms with Crippen LogP contribution < -0.4 is 0 Å². The molecule has 2 aromatic rings. The molecule has 0 N–H and O–H groups in total. The fourth-order valence-electron chi connectivity index (χ4n) is 2.45. The largest absolute Gasteiger partial charge is 0.260 e. The Morgan fingerprint density at radius 1 is 1.36 bits per heavy atom. The van der Waals surface area contributed by atoms with Gasteiger partial charge >= 0.3 is 0 Å². The highest BCUT2D eigenvalue weighted by atomic mass is 32.2. The predicted octanol–water partition coefficient (Wildman–Crippen LogP) is 1.82. The summed E-state index contributed by atoms with van der Waals surface area (Å²) in [6.45, 7) is 2.13. The first-order valence-electron chi connectivity index (χ1n) is 7.31. The van der Waals surface area contributed by atoms with Crippen LogP contribution in [0.15, 0.2) is 29.3 Å². The highest BCUT2D eigenvalue weighted by Crippen LogP contribution is 2.39. The van der Waals surface area contributed by atoms with Gasteiger partial charge in [0.25, 0.3) is 10.0 Å². The molecular formula is C15H20N4O2S. The van der Waals surface area contributed by atoms with Crippen LogP contribution in [0.5, 0.6) is 0 Å². The van der Waals surface area contributed by atoms with Gasteiger partial charge in [0.15, 0.2) is 5.03 Å². The maximum atomic E-state index is 12.7. The van der Waals surface area contributed by atoms with Crippen molar-refractivity contribution in [2.24, 2.45) is 7.05 Å². The van der Waals surface area contributed by atoms with E-state index in [-0.39, 0.29) is 11.6 Å². The van der Waals surface area contributed by atoms with Gasteiger partial charge in [-0.05, 0) is 31.9 Å². The first kappa shape index (κ1) is 15.2. The van der Waals surface area contributed by atoms with Gasteiger partial charge < -0.3 is 0 Å². The van der Waals surface area contributed by atoms with Gasteiger partial charge in [0.2, 0.25) is 0 Å². The van der Waals surface area contributed by atoms with Gasteiger partial charge in [-0.1, -0.05) is 6.07 Å². The topological polar surface area (TPSA) is 68.1 Å². The van der Waals surface area contributed by atoms with Crippen LogP contribution in [0, 0.1) is 6.92 Å². The molecule has 2 heterocycles. The van der Waals surface area contributed by atoms with Crippen molar-refractivity contribution in [2.75, 3.05) is 7.05 Å². The van der Waals surface area contributed by atoms with Crippen molar-refractivity contribution < 1.29 is 8.42 Å². The summed E-state index contributed by atoms with van der Waals surface area (Å²) in [5.74, 6) is 0.430. The summed E-state index contributed by atoms with van der Waals surface area (Å²) in [5, 5.41) is 4.58. The predicted molar refractivity (Wildman–Crippen MR) is 82.8 cm³/mol. The summed E-state index contributed by atoms with van der Waals surface area (Å²) in [4.78, 5) is 4.36. The Bertz CT molecular complexity index is 794. The van der Waals surface area contributed by atoms with Crippen molar-refractivity contribution in [2.45, 2.75) is 37.3 Å². The van der Waals surface area contributed by atoms with Crippen LogP contribution in [-0.2, 0) is 23.6 Å². The number of rotatable bonds is 5. The molecule has 0 radical (unpaired) electrons. The van der Waals surface area contributed by atoms with Crippen LogP contribution >= 0.6 is 0 Å². The molecule has 0 atom stereocenters. The number of pyridine rings is 1. The summed E-state index contributed by atoms with van der Waals surface area (Å²) in [6, 6.07) is 7.31. The van der Waals surface area contributed by atoms with Gasteiger partial charge in [0, 0.05) is 31.8 Å². The van der Waals surface area contributed by atoms with E-state index in [1.165, 1.54) is 8.99 Å². The SMILES string of the molecule is Cc1cccc(CN(C)S(=O)(=O)c2cc(C3CC3)nn2C)n1. The van der Waals surface area contributed by atoms with Crippen LogP contribution in [0.2, 0.25) is 0 Å². The third-order valence-corrected chi connectivity index (χ3v) is 5.72. The maximum absolute atomic E-state index is 12.7. The monoisotopic (exact) mass is 320 g/mol. The van der Waals surface area contributed by atoms with E-state index >= 15 is 0 Å². The molecule has 6 nitrogen and oxygen atoms in total. The zero-order valence-corrected chi connectivity index (χ0v) is 13.8. The van der Waals surface area contributed by atoms with Crippen molar-refractivity contribution in [3.8, 4) is 0 Å². The molecule has 0 amide bonds. The minimum Gasteiger partial charge on any atom is -0.257 e. The van der Waals surface area contributed by atoms with Crippen LogP contribution in [-0.4, -0.2) is 34.5 Å². The molecule has 1 aliphatic carbocycles. The molecular weight excluding hydrogens is 300 g/mol. The van der Waals surface area contributed by atoms with Gasteiger partial charge in [-0.15, -0.1) is 0 Å². The van der Waals surface area contributed by atoms with Crippen molar-refractivity contribution in [3.05, 3.63) is 41.3 Å². The Morgan fingerprint density at radius 3 is 2.73 bits per heavy atom. The average Bonchev–Trinajstić information content (AvgIpc) is 3.21. The van der Waals surface area contributed by atoms with Gasteiger partial charge in [-0.2, -0.15) is 9.40 Å². The quantitative estimate of drug-likeness (QED) is 0.843. The number of aromatic nitrogens is 3. The highest BCUT2D eigenvalue weighted by molar-refractivity contribution is 7.89. The number of hydrogen-bond donors (Lipinski definition) is 0. The van der Waals surface area contributed by atoms with Crippen molar-refractivity contribution in [1.29, 1.82) is 0 Å². The van der Waals surface area contributed by atoms with Crippen molar-refractivity contribution >= 4 is 10.0 Å². The van der Waals surface area contributed by atoms with Crippen LogP contribution in [0.1, 0.15) is 35.8 Å². The molecule has 0 saturated heterocycles. The molecule has 1 aliphatic rings. The molecule has 22 heavy (non-hydrogen) atoms. The molecule has 0 unspecified atom stereocenters. The van der Waals surface area contributed by atoms with Crippen molar-refractivity contribution in [3.63, 3.8) is 0 Å². The fraction of sp³-hybridized carbons (Fsp3) is 0.467. The van der Waals surface area contributed by atoms with Gasteiger partial charge in [0.1, 0.15) is 0 Å². The Kier molecular flexibility index (Phi) is 3.78. The molecule has 2 aromatic heterocycles. The van der Waals surface area contributed by atoms with E-state index in [4.69, 9.17) is 0 Å². The smallest absolute Gasteiger partial charge is 0.257 e. The fourth-order valence-corrected chi connectivity index (χ4v) is 3.72. The number of sulfonamides is 1. The third-order valence-electron chi connectivity index (χ3n) is 3.86. The normalized spacial score (nSPS) is 15.5. The summed E-state index contributed by atoms with van der Waals surface area (Å²) in [5.41, 5.74) is 2.48. The molecule has 1 fully saturated rings. The average molecular weight is 320 g/mol. The summed E-state index contributed by atoms with van der Waals surface area (Å²) in [6.07, 6.45) is 2.19. The highest BCUT2D eigenvalue weighted by Gasteiger charge is 2.31. The zero-order valence-electron chi connectivity index (χ0n) is 13.0. The Balaban J connectivity index is 1.85. The lowest BCUT2D eigenvalue weighted by molar-refractivity contribution is 0.453. The summed E-state index contributed by atoms with van der Waals surface area (Å²) >= 11 is 0. The molecule has 0 aromatic carbocycles. The number of nitrogens with zero attached hydrogens (tertiary/aromatic N) is 4. The molecule has 0 aliphatic heterocycles. The van der Waals surface area contributed by atoms with Crippen LogP contribution in [0.3, 0.4) is 0 Å². The Labute approximate surface area is 130 Å². The van der Waals surface area contributed by atoms with E-state index < -0.39 is 10.0 Å².